The first-order chi connectivity index (χ1) is 8.59. The van der Waals surface area contributed by atoms with E-state index in [2.05, 4.69) is 6.92 Å². The summed E-state index contributed by atoms with van der Waals surface area (Å²) in [6.45, 7) is 2.05. The van der Waals surface area contributed by atoms with Crippen LogP contribution in [0.25, 0.3) is 0 Å². The lowest BCUT2D eigenvalue weighted by Crippen LogP contribution is -2.34. The number of hydrogen-bond acceptors (Lipinski definition) is 1. The number of rotatable bonds is 3. The van der Waals surface area contributed by atoms with Crippen LogP contribution in [0.3, 0.4) is 0 Å². The number of nitrogens with zero attached hydrogens (tertiary/aromatic N) is 1. The summed E-state index contributed by atoms with van der Waals surface area (Å²) in [6.07, 6.45) is 4.47. The first-order valence-corrected chi connectivity index (χ1v) is 6.99. The molecule has 98 valence electrons. The highest BCUT2D eigenvalue weighted by atomic mass is 35.5. The topological polar surface area (TPSA) is 20.3 Å². The van der Waals surface area contributed by atoms with Crippen LogP contribution in [-0.2, 0) is 4.79 Å². The summed E-state index contributed by atoms with van der Waals surface area (Å²) in [6, 6.07) is 7.83. The number of halogens is 1. The van der Waals surface area contributed by atoms with E-state index in [1.165, 1.54) is 12.8 Å². The first-order valence-electron chi connectivity index (χ1n) is 6.61. The molecule has 1 fully saturated rings. The van der Waals surface area contributed by atoms with Crippen molar-refractivity contribution in [3.63, 3.8) is 0 Å². The second-order valence-electron chi connectivity index (χ2n) is 5.16. The van der Waals surface area contributed by atoms with Gasteiger partial charge in [-0.2, -0.15) is 0 Å². The van der Waals surface area contributed by atoms with E-state index in [4.69, 9.17) is 11.6 Å². The molecule has 0 saturated heterocycles. The zero-order valence-electron chi connectivity index (χ0n) is 11.0. The van der Waals surface area contributed by atoms with Crippen molar-refractivity contribution in [3.05, 3.63) is 34.9 Å². The van der Waals surface area contributed by atoms with E-state index < -0.39 is 0 Å². The SMILES string of the molecule is CC(c1cccc(Cl)c1)N(C)C(=O)C1CCCC1. The maximum absolute atomic E-state index is 12.3. The Hall–Kier alpha value is -1.02. The smallest absolute Gasteiger partial charge is 0.225 e. The molecule has 0 radical (unpaired) electrons. The molecule has 1 unspecified atom stereocenters. The molecule has 1 amide bonds. The van der Waals surface area contributed by atoms with Gasteiger partial charge in [-0.25, -0.2) is 0 Å². The van der Waals surface area contributed by atoms with Gasteiger partial charge in [0.05, 0.1) is 6.04 Å². The molecule has 1 aliphatic carbocycles. The molecule has 0 N–H and O–H groups in total. The van der Waals surface area contributed by atoms with Crippen molar-refractivity contribution in [2.75, 3.05) is 7.05 Å². The van der Waals surface area contributed by atoms with Gasteiger partial charge in [0.1, 0.15) is 0 Å². The maximum Gasteiger partial charge on any atom is 0.225 e. The van der Waals surface area contributed by atoms with Gasteiger partial charge in [0, 0.05) is 18.0 Å². The summed E-state index contributed by atoms with van der Waals surface area (Å²) in [7, 11) is 1.90. The molecular weight excluding hydrogens is 246 g/mol. The van der Waals surface area contributed by atoms with E-state index in [1.54, 1.807) is 0 Å². The molecule has 1 aromatic rings. The summed E-state index contributed by atoms with van der Waals surface area (Å²) in [5.41, 5.74) is 1.09. The second kappa shape index (κ2) is 5.75. The predicted molar refractivity (Wildman–Crippen MR) is 74.6 cm³/mol. The molecule has 0 aliphatic heterocycles. The van der Waals surface area contributed by atoms with Crippen molar-refractivity contribution < 1.29 is 4.79 Å². The van der Waals surface area contributed by atoms with Crippen molar-refractivity contribution in [2.24, 2.45) is 5.92 Å². The number of hydrogen-bond donors (Lipinski definition) is 0. The summed E-state index contributed by atoms with van der Waals surface area (Å²) >= 11 is 6.00. The van der Waals surface area contributed by atoms with E-state index in [0.29, 0.717) is 0 Å². The molecule has 1 saturated carbocycles. The quantitative estimate of drug-likeness (QED) is 0.807. The van der Waals surface area contributed by atoms with Gasteiger partial charge in [-0.05, 0) is 37.5 Å². The third-order valence-electron chi connectivity index (χ3n) is 3.96. The Balaban J connectivity index is 2.08. The number of amides is 1. The number of carbonyl (C=O) groups excluding carboxylic acids is 1. The van der Waals surface area contributed by atoms with Crippen molar-refractivity contribution in [3.8, 4) is 0 Å². The Morgan fingerprint density at radius 1 is 1.39 bits per heavy atom. The highest BCUT2D eigenvalue weighted by Crippen LogP contribution is 2.29. The monoisotopic (exact) mass is 265 g/mol. The van der Waals surface area contributed by atoms with Gasteiger partial charge in [0.2, 0.25) is 5.91 Å². The maximum atomic E-state index is 12.3. The Morgan fingerprint density at radius 2 is 2.06 bits per heavy atom. The van der Waals surface area contributed by atoms with E-state index in [9.17, 15) is 4.79 Å². The highest BCUT2D eigenvalue weighted by Gasteiger charge is 2.28. The van der Waals surface area contributed by atoms with Crippen LogP contribution in [0.2, 0.25) is 5.02 Å². The minimum atomic E-state index is 0.0804. The van der Waals surface area contributed by atoms with Crippen LogP contribution in [0.15, 0.2) is 24.3 Å². The first kappa shape index (κ1) is 13.4. The average molecular weight is 266 g/mol. The molecule has 0 aromatic heterocycles. The molecule has 1 aliphatic rings. The van der Waals surface area contributed by atoms with Crippen LogP contribution in [0.1, 0.15) is 44.2 Å². The number of benzene rings is 1. The van der Waals surface area contributed by atoms with Crippen LogP contribution < -0.4 is 0 Å². The molecule has 1 atom stereocenters. The van der Waals surface area contributed by atoms with Crippen LogP contribution in [0.4, 0.5) is 0 Å². The molecule has 1 aromatic carbocycles. The summed E-state index contributed by atoms with van der Waals surface area (Å²) < 4.78 is 0. The molecule has 0 heterocycles. The molecule has 0 bridgehead atoms. The van der Waals surface area contributed by atoms with Crippen LogP contribution in [0.5, 0.6) is 0 Å². The second-order valence-corrected chi connectivity index (χ2v) is 5.60. The summed E-state index contributed by atoms with van der Waals surface area (Å²) in [4.78, 5) is 14.2. The van der Waals surface area contributed by atoms with Gasteiger partial charge >= 0.3 is 0 Å². The van der Waals surface area contributed by atoms with Crippen molar-refractivity contribution in [1.82, 2.24) is 4.90 Å². The molecule has 2 rings (SSSR count). The van der Waals surface area contributed by atoms with E-state index in [-0.39, 0.29) is 17.9 Å². The normalized spacial score (nSPS) is 17.7. The van der Waals surface area contributed by atoms with E-state index >= 15 is 0 Å². The van der Waals surface area contributed by atoms with E-state index in [1.807, 2.05) is 36.2 Å². The molecule has 18 heavy (non-hydrogen) atoms. The summed E-state index contributed by atoms with van der Waals surface area (Å²) in [5, 5.41) is 0.723. The lowest BCUT2D eigenvalue weighted by atomic mass is 10.0. The standard InChI is InChI=1S/C15H20ClNO/c1-11(13-8-5-9-14(16)10-13)17(2)15(18)12-6-3-4-7-12/h5,8-12H,3-4,6-7H2,1-2H3. The third-order valence-corrected chi connectivity index (χ3v) is 4.20. The van der Waals surface area contributed by atoms with Crippen LogP contribution >= 0.6 is 11.6 Å². The largest absolute Gasteiger partial charge is 0.339 e. The minimum absolute atomic E-state index is 0.0804. The molecule has 3 heteroatoms. The lowest BCUT2D eigenvalue weighted by Gasteiger charge is -2.28. The lowest BCUT2D eigenvalue weighted by molar-refractivity contribution is -0.135. The fourth-order valence-corrected chi connectivity index (χ4v) is 2.84. The van der Waals surface area contributed by atoms with Gasteiger partial charge in [0.25, 0.3) is 0 Å². The van der Waals surface area contributed by atoms with Gasteiger partial charge in [0.15, 0.2) is 0 Å². The Kier molecular flexibility index (Phi) is 4.28. The third kappa shape index (κ3) is 2.86. The zero-order chi connectivity index (χ0) is 13.1. The average Bonchev–Trinajstić information content (AvgIpc) is 2.90. The Morgan fingerprint density at radius 3 is 2.67 bits per heavy atom. The van der Waals surface area contributed by atoms with Crippen molar-refractivity contribution >= 4 is 17.5 Å². The summed E-state index contributed by atoms with van der Waals surface area (Å²) in [5.74, 6) is 0.511. The van der Waals surface area contributed by atoms with Crippen LogP contribution in [0, 0.1) is 5.92 Å². The molecule has 0 spiro atoms. The van der Waals surface area contributed by atoms with Crippen molar-refractivity contribution in [1.29, 1.82) is 0 Å². The highest BCUT2D eigenvalue weighted by molar-refractivity contribution is 6.30. The predicted octanol–water partition coefficient (Wildman–Crippen LogP) is 4.05. The van der Waals surface area contributed by atoms with Gasteiger partial charge in [-0.1, -0.05) is 36.6 Å². The van der Waals surface area contributed by atoms with Crippen molar-refractivity contribution in [2.45, 2.75) is 38.6 Å². The van der Waals surface area contributed by atoms with Gasteiger partial charge < -0.3 is 4.90 Å². The molecular formula is C15H20ClNO. The fourth-order valence-electron chi connectivity index (χ4n) is 2.64. The number of carbonyl (C=O) groups is 1. The van der Waals surface area contributed by atoms with Crippen LogP contribution in [-0.4, -0.2) is 17.9 Å². The molecule has 2 nitrogen and oxygen atoms in total. The fraction of sp³-hybridized carbons (Fsp3) is 0.533. The minimum Gasteiger partial charge on any atom is -0.339 e. The van der Waals surface area contributed by atoms with E-state index in [0.717, 1.165) is 23.4 Å². The Bertz CT molecular complexity index is 426. The van der Waals surface area contributed by atoms with Gasteiger partial charge in [-0.15, -0.1) is 0 Å². The Labute approximate surface area is 114 Å². The van der Waals surface area contributed by atoms with Gasteiger partial charge in [-0.3, -0.25) is 4.79 Å². The zero-order valence-corrected chi connectivity index (χ0v) is 11.8.